The van der Waals surface area contributed by atoms with E-state index in [1.165, 1.54) is 41.5 Å². The van der Waals surface area contributed by atoms with Crippen LogP contribution in [0.3, 0.4) is 0 Å². The van der Waals surface area contributed by atoms with E-state index in [-0.39, 0.29) is 0 Å². The topological polar surface area (TPSA) is 26.0 Å². The molecular weight excluding hydrogens is 218 g/mol. The van der Waals surface area contributed by atoms with Crippen molar-refractivity contribution in [2.45, 2.75) is 33.1 Å². The fraction of sp³-hybridized carbons (Fsp3) is 0.294. The predicted molar refractivity (Wildman–Crippen MR) is 79.6 cm³/mol. The number of hydrogen-bond donors (Lipinski definition) is 1. The lowest BCUT2D eigenvalue weighted by Gasteiger charge is -2.09. The van der Waals surface area contributed by atoms with E-state index >= 15 is 0 Å². The van der Waals surface area contributed by atoms with Crippen LogP contribution in [-0.4, -0.2) is 0 Å². The number of hydrogen-bond acceptors (Lipinski definition) is 1. The van der Waals surface area contributed by atoms with Crippen LogP contribution in [0.4, 0.5) is 5.69 Å². The lowest BCUT2D eigenvalue weighted by Crippen LogP contribution is -1.92. The summed E-state index contributed by atoms with van der Waals surface area (Å²) in [6.45, 7) is 4.31. The van der Waals surface area contributed by atoms with Crippen LogP contribution >= 0.6 is 0 Å². The molecule has 0 radical (unpaired) electrons. The van der Waals surface area contributed by atoms with E-state index in [0.717, 1.165) is 5.69 Å². The highest BCUT2D eigenvalue weighted by molar-refractivity contribution is 5.72. The first-order chi connectivity index (χ1) is 8.72. The minimum absolute atomic E-state index is 0.863. The maximum atomic E-state index is 5.95. The van der Waals surface area contributed by atoms with Crippen LogP contribution in [0.1, 0.15) is 30.9 Å². The Morgan fingerprint density at radius 3 is 2.39 bits per heavy atom. The Balaban J connectivity index is 2.26. The summed E-state index contributed by atoms with van der Waals surface area (Å²) in [6.07, 6.45) is 3.68. The molecule has 94 valence electrons. The molecule has 0 aromatic heterocycles. The van der Waals surface area contributed by atoms with Gasteiger partial charge in [0.15, 0.2) is 0 Å². The Morgan fingerprint density at radius 1 is 1.00 bits per heavy atom. The Hall–Kier alpha value is -1.76. The highest BCUT2D eigenvalue weighted by atomic mass is 14.6. The van der Waals surface area contributed by atoms with Crippen molar-refractivity contribution >= 4 is 5.69 Å². The Morgan fingerprint density at radius 2 is 1.72 bits per heavy atom. The molecule has 2 N–H and O–H groups in total. The molecule has 0 aliphatic rings. The maximum absolute atomic E-state index is 5.95. The molecule has 0 saturated carbocycles. The van der Waals surface area contributed by atoms with Crippen molar-refractivity contribution in [3.63, 3.8) is 0 Å². The summed E-state index contributed by atoms with van der Waals surface area (Å²) in [4.78, 5) is 0. The Bertz CT molecular complexity index is 512. The van der Waals surface area contributed by atoms with Gasteiger partial charge < -0.3 is 5.73 Å². The molecule has 2 aromatic rings. The van der Waals surface area contributed by atoms with Crippen molar-refractivity contribution < 1.29 is 0 Å². The zero-order valence-electron chi connectivity index (χ0n) is 11.2. The number of benzene rings is 2. The second-order valence-electron chi connectivity index (χ2n) is 4.82. The smallest absolute Gasteiger partial charge is 0.0349 e. The quantitative estimate of drug-likeness (QED) is 0.776. The van der Waals surface area contributed by atoms with Crippen LogP contribution in [0.5, 0.6) is 0 Å². The molecule has 2 aromatic carbocycles. The van der Waals surface area contributed by atoms with Gasteiger partial charge in [-0.15, -0.1) is 0 Å². The maximum Gasteiger partial charge on any atom is 0.0349 e. The summed E-state index contributed by atoms with van der Waals surface area (Å²) in [6, 6.07) is 15.0. The first-order valence-electron chi connectivity index (χ1n) is 6.66. The number of unbranched alkanes of at least 4 members (excludes halogenated alkanes) is 1. The van der Waals surface area contributed by atoms with E-state index in [9.17, 15) is 0 Å². The molecule has 0 atom stereocenters. The SMILES string of the molecule is CCCCc1ccc(-c2cccc(N)c2C)cc1. The number of nitrogens with two attached hydrogens (primary N) is 1. The minimum atomic E-state index is 0.863. The van der Waals surface area contributed by atoms with Crippen molar-refractivity contribution in [2.24, 2.45) is 0 Å². The molecule has 0 bridgehead atoms. The summed E-state index contributed by atoms with van der Waals surface area (Å²) in [5, 5.41) is 0. The largest absolute Gasteiger partial charge is 0.398 e. The third-order valence-corrected chi connectivity index (χ3v) is 3.46. The highest BCUT2D eigenvalue weighted by Gasteiger charge is 2.03. The lowest BCUT2D eigenvalue weighted by atomic mass is 9.97. The monoisotopic (exact) mass is 239 g/mol. The number of anilines is 1. The summed E-state index contributed by atoms with van der Waals surface area (Å²) >= 11 is 0. The van der Waals surface area contributed by atoms with Crippen molar-refractivity contribution in [3.05, 3.63) is 53.6 Å². The van der Waals surface area contributed by atoms with E-state index in [1.807, 2.05) is 12.1 Å². The van der Waals surface area contributed by atoms with E-state index in [0.29, 0.717) is 0 Å². The average Bonchev–Trinajstić information content (AvgIpc) is 2.40. The number of rotatable bonds is 4. The molecule has 0 unspecified atom stereocenters. The first-order valence-corrected chi connectivity index (χ1v) is 6.66. The second kappa shape index (κ2) is 5.72. The van der Waals surface area contributed by atoms with Crippen LogP contribution in [-0.2, 0) is 6.42 Å². The molecule has 1 heteroatoms. The fourth-order valence-electron chi connectivity index (χ4n) is 2.20. The van der Waals surface area contributed by atoms with Gasteiger partial charge in [0.05, 0.1) is 0 Å². The van der Waals surface area contributed by atoms with E-state index < -0.39 is 0 Å². The standard InChI is InChI=1S/C17H21N/c1-3-4-6-14-9-11-15(12-10-14)16-7-5-8-17(18)13(16)2/h5,7-12H,3-4,6,18H2,1-2H3. The van der Waals surface area contributed by atoms with Crippen LogP contribution in [0.2, 0.25) is 0 Å². The molecule has 18 heavy (non-hydrogen) atoms. The van der Waals surface area contributed by atoms with Gasteiger partial charge in [0, 0.05) is 5.69 Å². The van der Waals surface area contributed by atoms with Crippen LogP contribution in [0.15, 0.2) is 42.5 Å². The van der Waals surface area contributed by atoms with Gasteiger partial charge in [-0.1, -0.05) is 49.7 Å². The Kier molecular flexibility index (Phi) is 4.03. The van der Waals surface area contributed by atoms with Gasteiger partial charge in [0.1, 0.15) is 0 Å². The van der Waals surface area contributed by atoms with Crippen molar-refractivity contribution in [2.75, 3.05) is 5.73 Å². The normalized spacial score (nSPS) is 10.6. The number of nitrogen functional groups attached to an aromatic ring is 1. The molecule has 0 heterocycles. The average molecular weight is 239 g/mol. The molecule has 0 fully saturated rings. The van der Waals surface area contributed by atoms with Gasteiger partial charge >= 0.3 is 0 Å². The number of aryl methyl sites for hydroxylation is 1. The molecule has 0 saturated heterocycles. The minimum Gasteiger partial charge on any atom is -0.398 e. The van der Waals surface area contributed by atoms with Gasteiger partial charge in [-0.05, 0) is 48.1 Å². The lowest BCUT2D eigenvalue weighted by molar-refractivity contribution is 0.795. The van der Waals surface area contributed by atoms with Gasteiger partial charge in [-0.2, -0.15) is 0 Å². The zero-order chi connectivity index (χ0) is 13.0. The first kappa shape index (κ1) is 12.7. The van der Waals surface area contributed by atoms with Gasteiger partial charge in [-0.25, -0.2) is 0 Å². The van der Waals surface area contributed by atoms with E-state index in [2.05, 4.69) is 44.2 Å². The van der Waals surface area contributed by atoms with Gasteiger partial charge in [0.2, 0.25) is 0 Å². The summed E-state index contributed by atoms with van der Waals surface area (Å²) < 4.78 is 0. The van der Waals surface area contributed by atoms with Gasteiger partial charge in [0.25, 0.3) is 0 Å². The molecule has 0 aliphatic carbocycles. The van der Waals surface area contributed by atoms with Crippen LogP contribution < -0.4 is 5.73 Å². The van der Waals surface area contributed by atoms with Crippen molar-refractivity contribution in [3.8, 4) is 11.1 Å². The van der Waals surface area contributed by atoms with E-state index in [1.54, 1.807) is 0 Å². The molecule has 2 rings (SSSR count). The third kappa shape index (κ3) is 2.73. The van der Waals surface area contributed by atoms with E-state index in [4.69, 9.17) is 5.73 Å². The van der Waals surface area contributed by atoms with Crippen LogP contribution in [0, 0.1) is 6.92 Å². The Labute approximate surface area is 110 Å². The molecule has 0 aliphatic heterocycles. The van der Waals surface area contributed by atoms with Crippen LogP contribution in [0.25, 0.3) is 11.1 Å². The van der Waals surface area contributed by atoms with Crippen molar-refractivity contribution in [1.29, 1.82) is 0 Å². The predicted octanol–water partition coefficient (Wildman–Crippen LogP) is 4.59. The third-order valence-electron chi connectivity index (χ3n) is 3.46. The summed E-state index contributed by atoms with van der Waals surface area (Å²) in [7, 11) is 0. The molecule has 0 amide bonds. The van der Waals surface area contributed by atoms with Gasteiger partial charge in [-0.3, -0.25) is 0 Å². The summed E-state index contributed by atoms with van der Waals surface area (Å²) in [5.41, 5.74) is 11.9. The highest BCUT2D eigenvalue weighted by Crippen LogP contribution is 2.27. The summed E-state index contributed by atoms with van der Waals surface area (Å²) in [5.74, 6) is 0. The zero-order valence-corrected chi connectivity index (χ0v) is 11.2. The molecular formula is C17H21N. The van der Waals surface area contributed by atoms with Crippen molar-refractivity contribution in [1.82, 2.24) is 0 Å². The second-order valence-corrected chi connectivity index (χ2v) is 4.82. The molecule has 0 spiro atoms. The fourth-order valence-corrected chi connectivity index (χ4v) is 2.20. The molecule has 1 nitrogen and oxygen atoms in total.